The van der Waals surface area contributed by atoms with E-state index in [1.807, 2.05) is 36.4 Å². The van der Waals surface area contributed by atoms with Crippen molar-refractivity contribution in [2.24, 2.45) is 5.73 Å². The van der Waals surface area contributed by atoms with Gasteiger partial charge in [0.05, 0.1) is 0 Å². The minimum atomic E-state index is 0.391. The molecule has 98 valence electrons. The van der Waals surface area contributed by atoms with Crippen molar-refractivity contribution in [2.75, 3.05) is 5.32 Å². The first-order valence-electron chi connectivity index (χ1n) is 5.64. The Hall–Kier alpha value is -0.910. The van der Waals surface area contributed by atoms with E-state index < -0.39 is 0 Å². The van der Waals surface area contributed by atoms with Crippen molar-refractivity contribution in [1.82, 2.24) is 0 Å². The van der Waals surface area contributed by atoms with Gasteiger partial charge in [-0.25, -0.2) is 0 Å². The van der Waals surface area contributed by atoms with Crippen LogP contribution in [0.1, 0.15) is 11.1 Å². The van der Waals surface area contributed by atoms with Crippen LogP contribution in [0.15, 0.2) is 51.4 Å². The average molecular weight is 400 g/mol. The highest BCUT2D eigenvalue weighted by Crippen LogP contribution is 2.23. The summed E-state index contributed by atoms with van der Waals surface area (Å²) in [6, 6.07) is 13.9. The molecule has 0 spiro atoms. The summed E-state index contributed by atoms with van der Waals surface area (Å²) in [5, 5.41) is 3.37. The number of thiocarbonyl (C=S) groups is 1. The summed E-state index contributed by atoms with van der Waals surface area (Å²) in [7, 11) is 0. The summed E-state index contributed by atoms with van der Waals surface area (Å²) in [4.78, 5) is 0.391. The molecule has 2 nitrogen and oxygen atoms in total. The van der Waals surface area contributed by atoms with Crippen LogP contribution in [0.4, 0.5) is 5.69 Å². The van der Waals surface area contributed by atoms with Gasteiger partial charge in [-0.2, -0.15) is 0 Å². The number of rotatable bonds is 4. The van der Waals surface area contributed by atoms with Gasteiger partial charge in [0.2, 0.25) is 0 Å². The summed E-state index contributed by atoms with van der Waals surface area (Å²) in [6.45, 7) is 0.702. The van der Waals surface area contributed by atoms with Gasteiger partial charge in [0, 0.05) is 26.7 Å². The van der Waals surface area contributed by atoms with Gasteiger partial charge in [-0.1, -0.05) is 62.3 Å². The van der Waals surface area contributed by atoms with E-state index in [-0.39, 0.29) is 0 Å². The molecule has 0 radical (unpaired) electrons. The summed E-state index contributed by atoms with van der Waals surface area (Å²) >= 11 is 12.0. The average Bonchev–Trinajstić information content (AvgIpc) is 2.37. The molecule has 0 bridgehead atoms. The molecular formula is C14H12Br2N2S. The molecule has 0 aliphatic heterocycles. The SMILES string of the molecule is NC(=S)c1ccc(Br)cc1NCc1ccccc1Br. The van der Waals surface area contributed by atoms with Gasteiger partial charge in [0.15, 0.2) is 0 Å². The van der Waals surface area contributed by atoms with E-state index in [2.05, 4.69) is 43.2 Å². The first-order chi connectivity index (χ1) is 9.08. The molecule has 0 unspecified atom stereocenters. The zero-order valence-electron chi connectivity index (χ0n) is 9.99. The molecule has 0 aliphatic rings. The highest BCUT2D eigenvalue weighted by Gasteiger charge is 2.06. The topological polar surface area (TPSA) is 38.0 Å². The highest BCUT2D eigenvalue weighted by molar-refractivity contribution is 9.10. The van der Waals surface area contributed by atoms with Crippen LogP contribution in [0.25, 0.3) is 0 Å². The van der Waals surface area contributed by atoms with Crippen LogP contribution in [0, 0.1) is 0 Å². The highest BCUT2D eigenvalue weighted by atomic mass is 79.9. The van der Waals surface area contributed by atoms with Crippen molar-refractivity contribution in [2.45, 2.75) is 6.54 Å². The molecule has 2 aromatic rings. The number of anilines is 1. The van der Waals surface area contributed by atoms with Gasteiger partial charge in [-0.05, 0) is 29.8 Å². The van der Waals surface area contributed by atoms with E-state index in [1.165, 1.54) is 5.56 Å². The second kappa shape index (κ2) is 6.50. The Morgan fingerprint density at radius 2 is 1.89 bits per heavy atom. The van der Waals surface area contributed by atoms with Crippen LogP contribution < -0.4 is 11.1 Å². The van der Waals surface area contributed by atoms with E-state index in [9.17, 15) is 0 Å². The third-order valence-corrected chi connectivity index (χ3v) is 4.16. The lowest BCUT2D eigenvalue weighted by Crippen LogP contribution is -2.13. The number of halogens is 2. The summed E-state index contributed by atoms with van der Waals surface area (Å²) in [6.07, 6.45) is 0. The van der Waals surface area contributed by atoms with E-state index in [0.29, 0.717) is 11.5 Å². The fourth-order valence-corrected chi connectivity index (χ4v) is 2.67. The second-order valence-electron chi connectivity index (χ2n) is 4.00. The molecule has 0 fully saturated rings. The maximum atomic E-state index is 5.73. The van der Waals surface area contributed by atoms with Crippen molar-refractivity contribution in [3.63, 3.8) is 0 Å². The maximum Gasteiger partial charge on any atom is 0.106 e. The Kier molecular flexibility index (Phi) is 4.96. The fraction of sp³-hybridized carbons (Fsp3) is 0.0714. The lowest BCUT2D eigenvalue weighted by atomic mass is 10.1. The summed E-state index contributed by atoms with van der Waals surface area (Å²) in [5.74, 6) is 0. The number of hydrogen-bond donors (Lipinski definition) is 2. The van der Waals surface area contributed by atoms with Crippen molar-refractivity contribution in [3.8, 4) is 0 Å². The van der Waals surface area contributed by atoms with Gasteiger partial charge < -0.3 is 11.1 Å². The molecule has 19 heavy (non-hydrogen) atoms. The van der Waals surface area contributed by atoms with Crippen LogP contribution in [-0.4, -0.2) is 4.99 Å². The van der Waals surface area contributed by atoms with E-state index in [0.717, 1.165) is 20.2 Å². The molecule has 0 saturated heterocycles. The van der Waals surface area contributed by atoms with Gasteiger partial charge in [-0.15, -0.1) is 0 Å². The Bertz CT molecular complexity index is 614. The van der Waals surface area contributed by atoms with E-state index in [1.54, 1.807) is 0 Å². The van der Waals surface area contributed by atoms with E-state index >= 15 is 0 Å². The number of hydrogen-bond acceptors (Lipinski definition) is 2. The fourth-order valence-electron chi connectivity index (χ4n) is 1.71. The standard InChI is InChI=1S/C14H12Br2N2S/c15-10-5-6-11(14(17)19)13(7-10)18-8-9-3-1-2-4-12(9)16/h1-7,18H,8H2,(H2,17,19). The van der Waals surface area contributed by atoms with Crippen LogP contribution in [0.3, 0.4) is 0 Å². The molecule has 0 amide bonds. The lowest BCUT2D eigenvalue weighted by Gasteiger charge is -2.12. The molecule has 3 N–H and O–H groups in total. The Morgan fingerprint density at radius 1 is 1.16 bits per heavy atom. The monoisotopic (exact) mass is 398 g/mol. The van der Waals surface area contributed by atoms with Gasteiger partial charge in [0.25, 0.3) is 0 Å². The smallest absolute Gasteiger partial charge is 0.106 e. The Morgan fingerprint density at radius 3 is 2.58 bits per heavy atom. The van der Waals surface area contributed by atoms with Crippen molar-refractivity contribution in [1.29, 1.82) is 0 Å². The Balaban J connectivity index is 2.22. The molecule has 0 heterocycles. The lowest BCUT2D eigenvalue weighted by molar-refractivity contribution is 1.13. The molecule has 0 saturated carbocycles. The first-order valence-corrected chi connectivity index (χ1v) is 7.64. The van der Waals surface area contributed by atoms with Crippen LogP contribution in [0.2, 0.25) is 0 Å². The second-order valence-corrected chi connectivity index (χ2v) is 6.21. The van der Waals surface area contributed by atoms with Crippen LogP contribution in [-0.2, 0) is 6.54 Å². The van der Waals surface area contributed by atoms with Gasteiger partial charge in [-0.3, -0.25) is 0 Å². The zero-order chi connectivity index (χ0) is 13.8. The largest absolute Gasteiger partial charge is 0.389 e. The van der Waals surface area contributed by atoms with Crippen LogP contribution >= 0.6 is 44.1 Å². The molecule has 0 aromatic heterocycles. The molecular weight excluding hydrogens is 388 g/mol. The minimum Gasteiger partial charge on any atom is -0.389 e. The van der Waals surface area contributed by atoms with Crippen molar-refractivity contribution < 1.29 is 0 Å². The normalized spacial score (nSPS) is 10.2. The van der Waals surface area contributed by atoms with Gasteiger partial charge >= 0.3 is 0 Å². The van der Waals surface area contributed by atoms with Crippen LogP contribution in [0.5, 0.6) is 0 Å². The first kappa shape index (κ1) is 14.5. The number of benzene rings is 2. The van der Waals surface area contributed by atoms with E-state index in [4.69, 9.17) is 18.0 Å². The maximum absolute atomic E-state index is 5.73. The van der Waals surface area contributed by atoms with Gasteiger partial charge in [0.1, 0.15) is 4.99 Å². The predicted molar refractivity (Wildman–Crippen MR) is 91.5 cm³/mol. The van der Waals surface area contributed by atoms with Crippen molar-refractivity contribution in [3.05, 3.63) is 62.5 Å². The predicted octanol–water partition coefficient (Wildman–Crippen LogP) is 4.46. The minimum absolute atomic E-state index is 0.391. The third-order valence-electron chi connectivity index (χ3n) is 2.67. The van der Waals surface area contributed by atoms with Crippen molar-refractivity contribution >= 4 is 54.8 Å². The Labute approximate surface area is 134 Å². The third kappa shape index (κ3) is 3.78. The molecule has 0 aliphatic carbocycles. The summed E-state index contributed by atoms with van der Waals surface area (Å²) < 4.78 is 2.07. The molecule has 2 aromatic carbocycles. The molecule has 5 heteroatoms. The number of nitrogens with one attached hydrogen (secondary N) is 1. The number of nitrogens with two attached hydrogens (primary N) is 1. The zero-order valence-corrected chi connectivity index (χ0v) is 14.0. The molecule has 2 rings (SSSR count). The quantitative estimate of drug-likeness (QED) is 0.745. The summed E-state index contributed by atoms with van der Waals surface area (Å²) in [5.41, 5.74) is 8.69. The molecule has 0 atom stereocenters.